The maximum absolute atomic E-state index is 13.0. The second kappa shape index (κ2) is 9.93. The standard InChI is InChI=1S/C24H37N5O4S/c1-16(30)26-19-7-10-29(15-19)34(31,32)25-14-18-5-6-21-22(28-23(27-21)24(2,3)4)20(18)13-17-8-11-33-12-9-17/h5-6,17,19,25H,7-15H2,1-4H3,(H,26,30)(H,27,28). The predicted octanol–water partition coefficient (Wildman–Crippen LogP) is 2.37. The summed E-state index contributed by atoms with van der Waals surface area (Å²) < 4.78 is 35.8. The molecule has 1 aromatic carbocycles. The minimum Gasteiger partial charge on any atom is -0.381 e. The van der Waals surface area contributed by atoms with Gasteiger partial charge in [0.15, 0.2) is 0 Å². The van der Waals surface area contributed by atoms with Gasteiger partial charge in [0.1, 0.15) is 5.82 Å². The maximum atomic E-state index is 13.0. The van der Waals surface area contributed by atoms with Crippen LogP contribution in [0, 0.1) is 5.92 Å². The molecule has 1 atom stereocenters. The van der Waals surface area contributed by atoms with Gasteiger partial charge in [-0.05, 0) is 48.8 Å². The van der Waals surface area contributed by atoms with Gasteiger partial charge >= 0.3 is 0 Å². The molecule has 0 saturated carbocycles. The zero-order valence-corrected chi connectivity index (χ0v) is 21.4. The number of ether oxygens (including phenoxy) is 1. The van der Waals surface area contributed by atoms with E-state index >= 15 is 0 Å². The van der Waals surface area contributed by atoms with Crippen LogP contribution in [-0.4, -0.2) is 60.9 Å². The maximum Gasteiger partial charge on any atom is 0.279 e. The van der Waals surface area contributed by atoms with Crippen molar-refractivity contribution in [1.82, 2.24) is 24.3 Å². The molecular weight excluding hydrogens is 454 g/mol. The first-order valence-electron chi connectivity index (χ1n) is 12.1. The summed E-state index contributed by atoms with van der Waals surface area (Å²) in [7, 11) is -3.66. The fourth-order valence-corrected chi connectivity index (χ4v) is 6.02. The minimum absolute atomic E-state index is 0.114. The van der Waals surface area contributed by atoms with Crippen LogP contribution < -0.4 is 10.0 Å². The number of aromatic amines is 1. The molecule has 1 unspecified atom stereocenters. The molecule has 0 bridgehead atoms. The topological polar surface area (TPSA) is 116 Å². The Morgan fingerprint density at radius 1 is 1.24 bits per heavy atom. The van der Waals surface area contributed by atoms with Crippen LogP contribution in [0.3, 0.4) is 0 Å². The average molecular weight is 492 g/mol. The van der Waals surface area contributed by atoms with Crippen molar-refractivity contribution in [2.24, 2.45) is 5.92 Å². The van der Waals surface area contributed by atoms with Crippen LogP contribution in [0.1, 0.15) is 63.9 Å². The highest BCUT2D eigenvalue weighted by Crippen LogP contribution is 2.30. The van der Waals surface area contributed by atoms with Gasteiger partial charge in [-0.15, -0.1) is 0 Å². The van der Waals surface area contributed by atoms with Gasteiger partial charge in [0.2, 0.25) is 5.91 Å². The number of rotatable bonds is 7. The second-order valence-electron chi connectivity index (χ2n) is 10.6. The lowest BCUT2D eigenvalue weighted by Crippen LogP contribution is -2.42. The highest BCUT2D eigenvalue weighted by atomic mass is 32.2. The molecule has 3 N–H and O–H groups in total. The SMILES string of the molecule is CC(=O)NC1CCN(S(=O)(=O)NCc2ccc3[nH]c(C(C)(C)C)nc3c2CC2CCOCC2)C1. The van der Waals surface area contributed by atoms with Crippen LogP contribution in [0.15, 0.2) is 12.1 Å². The molecule has 9 nitrogen and oxygen atoms in total. The third-order valence-corrected chi connectivity index (χ3v) is 8.26. The summed E-state index contributed by atoms with van der Waals surface area (Å²) in [6.07, 6.45) is 3.46. The Hall–Kier alpha value is -2.01. The first-order valence-corrected chi connectivity index (χ1v) is 13.6. The lowest BCUT2D eigenvalue weighted by Gasteiger charge is -2.24. The zero-order valence-electron chi connectivity index (χ0n) is 20.6. The van der Waals surface area contributed by atoms with Crippen molar-refractivity contribution in [2.45, 2.75) is 71.4 Å². The lowest BCUT2D eigenvalue weighted by atomic mass is 9.89. The predicted molar refractivity (Wildman–Crippen MR) is 132 cm³/mol. The molecule has 188 valence electrons. The van der Waals surface area contributed by atoms with Crippen LogP contribution in [0.5, 0.6) is 0 Å². The summed E-state index contributed by atoms with van der Waals surface area (Å²) in [6, 6.07) is 3.86. The molecule has 0 radical (unpaired) electrons. The highest BCUT2D eigenvalue weighted by molar-refractivity contribution is 7.87. The van der Waals surface area contributed by atoms with Gasteiger partial charge < -0.3 is 15.0 Å². The number of hydrogen-bond acceptors (Lipinski definition) is 5. The van der Waals surface area contributed by atoms with Crippen LogP contribution in [0.2, 0.25) is 0 Å². The summed E-state index contributed by atoms with van der Waals surface area (Å²) in [5, 5.41) is 2.81. The molecule has 2 aromatic rings. The number of nitrogens with zero attached hydrogens (tertiary/aromatic N) is 2. The van der Waals surface area contributed by atoms with Gasteiger partial charge in [0, 0.05) is 51.2 Å². The molecular formula is C24H37N5O4S. The summed E-state index contributed by atoms with van der Waals surface area (Å²) in [5.41, 5.74) is 3.86. The fraction of sp³-hybridized carbons (Fsp3) is 0.667. The number of carbonyl (C=O) groups is 1. The molecule has 3 heterocycles. The molecule has 2 fully saturated rings. The number of amides is 1. The van der Waals surface area contributed by atoms with E-state index < -0.39 is 10.2 Å². The zero-order chi connectivity index (χ0) is 24.5. The van der Waals surface area contributed by atoms with Crippen molar-refractivity contribution in [3.63, 3.8) is 0 Å². The first kappa shape index (κ1) is 25.1. The van der Waals surface area contributed by atoms with Gasteiger partial charge in [0.25, 0.3) is 10.2 Å². The van der Waals surface area contributed by atoms with Gasteiger partial charge in [0.05, 0.1) is 11.0 Å². The van der Waals surface area contributed by atoms with Gasteiger partial charge in [-0.3, -0.25) is 4.79 Å². The Bertz CT molecular complexity index is 1130. The number of hydrogen-bond donors (Lipinski definition) is 3. The lowest BCUT2D eigenvalue weighted by molar-refractivity contribution is -0.119. The molecule has 0 aliphatic carbocycles. The van der Waals surface area contributed by atoms with E-state index in [0.717, 1.165) is 60.5 Å². The number of aromatic nitrogens is 2. The van der Waals surface area contributed by atoms with E-state index in [9.17, 15) is 13.2 Å². The van der Waals surface area contributed by atoms with E-state index in [-0.39, 0.29) is 30.5 Å². The molecule has 2 aliphatic heterocycles. The Kier molecular flexibility index (Phi) is 7.33. The van der Waals surface area contributed by atoms with Crippen molar-refractivity contribution in [3.05, 3.63) is 29.1 Å². The molecule has 4 rings (SSSR count). The summed E-state index contributed by atoms with van der Waals surface area (Å²) in [5.74, 6) is 1.27. The summed E-state index contributed by atoms with van der Waals surface area (Å²) >= 11 is 0. The van der Waals surface area contributed by atoms with Crippen molar-refractivity contribution < 1.29 is 17.9 Å². The van der Waals surface area contributed by atoms with E-state index in [1.54, 1.807) is 0 Å². The highest BCUT2D eigenvalue weighted by Gasteiger charge is 2.32. The third-order valence-electron chi connectivity index (χ3n) is 6.74. The first-order chi connectivity index (χ1) is 16.0. The molecule has 10 heteroatoms. The summed E-state index contributed by atoms with van der Waals surface area (Å²) in [6.45, 7) is 10.2. The van der Waals surface area contributed by atoms with Crippen molar-refractivity contribution in [1.29, 1.82) is 0 Å². The smallest absolute Gasteiger partial charge is 0.279 e. The van der Waals surface area contributed by atoms with Crippen LogP contribution in [0.4, 0.5) is 0 Å². The van der Waals surface area contributed by atoms with Gasteiger partial charge in [-0.2, -0.15) is 17.4 Å². The number of carbonyl (C=O) groups excluding carboxylic acids is 1. The van der Waals surface area contributed by atoms with Crippen molar-refractivity contribution in [2.75, 3.05) is 26.3 Å². The number of fused-ring (bicyclic) bond motifs is 1. The molecule has 1 aromatic heterocycles. The van der Waals surface area contributed by atoms with E-state index in [2.05, 4.69) is 35.8 Å². The molecule has 2 aliphatic rings. The number of H-pyrrole nitrogens is 1. The Morgan fingerprint density at radius 2 is 1.97 bits per heavy atom. The molecule has 2 saturated heterocycles. The van der Waals surface area contributed by atoms with E-state index in [0.29, 0.717) is 18.9 Å². The Morgan fingerprint density at radius 3 is 2.65 bits per heavy atom. The van der Waals surface area contributed by atoms with Crippen LogP contribution in [-0.2, 0) is 38.1 Å². The third kappa shape index (κ3) is 5.79. The Labute approximate surface area is 202 Å². The van der Waals surface area contributed by atoms with Gasteiger partial charge in [-0.25, -0.2) is 4.98 Å². The molecule has 1 amide bonds. The van der Waals surface area contributed by atoms with Crippen molar-refractivity contribution in [3.8, 4) is 0 Å². The second-order valence-corrected chi connectivity index (χ2v) is 12.3. The summed E-state index contributed by atoms with van der Waals surface area (Å²) in [4.78, 5) is 19.7. The van der Waals surface area contributed by atoms with E-state index in [1.165, 1.54) is 11.2 Å². The Balaban J connectivity index is 1.57. The normalized spacial score (nSPS) is 20.8. The number of nitrogens with one attached hydrogen (secondary N) is 3. The van der Waals surface area contributed by atoms with Crippen LogP contribution in [0.25, 0.3) is 11.0 Å². The number of benzene rings is 1. The van der Waals surface area contributed by atoms with E-state index in [4.69, 9.17) is 9.72 Å². The van der Waals surface area contributed by atoms with Crippen molar-refractivity contribution >= 4 is 27.1 Å². The van der Waals surface area contributed by atoms with E-state index in [1.807, 2.05) is 12.1 Å². The van der Waals surface area contributed by atoms with Crippen LogP contribution >= 0.6 is 0 Å². The average Bonchev–Trinajstić information content (AvgIpc) is 3.41. The minimum atomic E-state index is -3.66. The quantitative estimate of drug-likeness (QED) is 0.550. The molecule has 34 heavy (non-hydrogen) atoms. The van der Waals surface area contributed by atoms with Gasteiger partial charge in [-0.1, -0.05) is 26.8 Å². The largest absolute Gasteiger partial charge is 0.381 e. The monoisotopic (exact) mass is 491 g/mol. The number of imidazole rings is 1. The fourth-order valence-electron chi connectivity index (χ4n) is 4.77. The molecule has 0 spiro atoms.